The lowest BCUT2D eigenvalue weighted by Crippen LogP contribution is -2.08. The molecule has 1 unspecified atom stereocenters. The average molecular weight is 198 g/mol. The van der Waals surface area contributed by atoms with Crippen molar-refractivity contribution in [2.24, 2.45) is 11.3 Å². The lowest BCUT2D eigenvalue weighted by atomic mass is 9.84. The van der Waals surface area contributed by atoms with E-state index in [1.165, 1.54) is 44.9 Å². The van der Waals surface area contributed by atoms with Crippen molar-refractivity contribution in [1.82, 2.24) is 0 Å². The summed E-state index contributed by atoms with van der Waals surface area (Å²) in [6, 6.07) is 0. The zero-order valence-corrected chi connectivity index (χ0v) is 11.0. The van der Waals surface area contributed by atoms with E-state index in [1.807, 2.05) is 0 Å². The van der Waals surface area contributed by atoms with E-state index in [1.54, 1.807) is 0 Å². The van der Waals surface area contributed by atoms with Crippen LogP contribution in [0.5, 0.6) is 0 Å². The summed E-state index contributed by atoms with van der Waals surface area (Å²) in [5, 5.41) is 0. The standard InChI is InChI=1S/C14H30/c1-6-13(3)11-9-8-10-12-14(4,5)7-2/h13H,6-12H2,1-5H3. The molecule has 14 heavy (non-hydrogen) atoms. The maximum absolute atomic E-state index is 2.39. The fourth-order valence-corrected chi connectivity index (χ4v) is 1.65. The molecule has 0 aromatic carbocycles. The van der Waals surface area contributed by atoms with Crippen LogP contribution in [0.15, 0.2) is 0 Å². The van der Waals surface area contributed by atoms with Gasteiger partial charge in [0.05, 0.1) is 0 Å². The van der Waals surface area contributed by atoms with Gasteiger partial charge in [-0.2, -0.15) is 0 Å². The third kappa shape index (κ3) is 7.41. The second-order valence-corrected chi connectivity index (χ2v) is 5.63. The van der Waals surface area contributed by atoms with Crippen LogP contribution in [-0.4, -0.2) is 0 Å². The fourth-order valence-electron chi connectivity index (χ4n) is 1.65. The number of unbranched alkanes of at least 4 members (excludes halogenated alkanes) is 2. The molecule has 0 rings (SSSR count). The van der Waals surface area contributed by atoms with Crippen LogP contribution in [0, 0.1) is 11.3 Å². The second-order valence-electron chi connectivity index (χ2n) is 5.63. The Morgan fingerprint density at radius 3 is 2.14 bits per heavy atom. The summed E-state index contributed by atoms with van der Waals surface area (Å²) in [6.07, 6.45) is 9.81. The molecule has 1 atom stereocenters. The Balaban J connectivity index is 3.30. The molecule has 0 aromatic heterocycles. The highest BCUT2D eigenvalue weighted by atomic mass is 14.2. The topological polar surface area (TPSA) is 0 Å². The molecule has 0 saturated carbocycles. The van der Waals surface area contributed by atoms with E-state index in [0.717, 1.165) is 5.92 Å². The maximum Gasteiger partial charge on any atom is -0.0357 e. The highest BCUT2D eigenvalue weighted by molar-refractivity contribution is 4.66. The van der Waals surface area contributed by atoms with E-state index in [4.69, 9.17) is 0 Å². The van der Waals surface area contributed by atoms with Gasteiger partial charge in [0.15, 0.2) is 0 Å². The molecule has 86 valence electrons. The van der Waals surface area contributed by atoms with E-state index in [9.17, 15) is 0 Å². The maximum atomic E-state index is 2.39. The summed E-state index contributed by atoms with van der Waals surface area (Å²) in [6.45, 7) is 11.8. The summed E-state index contributed by atoms with van der Waals surface area (Å²) in [5.74, 6) is 0.939. The van der Waals surface area contributed by atoms with Crippen molar-refractivity contribution in [1.29, 1.82) is 0 Å². The van der Waals surface area contributed by atoms with Crippen LogP contribution in [-0.2, 0) is 0 Å². The monoisotopic (exact) mass is 198 g/mol. The van der Waals surface area contributed by atoms with Crippen LogP contribution < -0.4 is 0 Å². The summed E-state index contributed by atoms with van der Waals surface area (Å²) < 4.78 is 0. The molecule has 0 heteroatoms. The fraction of sp³-hybridized carbons (Fsp3) is 1.00. The van der Waals surface area contributed by atoms with Crippen LogP contribution in [0.25, 0.3) is 0 Å². The molecule has 0 nitrogen and oxygen atoms in total. The Bertz CT molecular complexity index is 124. The molecule has 0 saturated heterocycles. The molecule has 0 N–H and O–H groups in total. The minimum atomic E-state index is 0.580. The first-order valence-corrected chi connectivity index (χ1v) is 6.52. The van der Waals surface area contributed by atoms with Crippen LogP contribution in [0.2, 0.25) is 0 Å². The molecule has 0 bridgehead atoms. The average Bonchev–Trinajstić information content (AvgIpc) is 2.17. The van der Waals surface area contributed by atoms with E-state index in [0.29, 0.717) is 5.41 Å². The second kappa shape index (κ2) is 7.31. The van der Waals surface area contributed by atoms with Crippen LogP contribution in [0.3, 0.4) is 0 Å². The first kappa shape index (κ1) is 14.0. The van der Waals surface area contributed by atoms with Crippen molar-refractivity contribution in [3.63, 3.8) is 0 Å². The van der Waals surface area contributed by atoms with E-state index in [-0.39, 0.29) is 0 Å². The van der Waals surface area contributed by atoms with E-state index in [2.05, 4.69) is 34.6 Å². The minimum Gasteiger partial charge on any atom is -0.0651 e. The highest BCUT2D eigenvalue weighted by Gasteiger charge is 2.13. The Hall–Kier alpha value is 0. The molecule has 0 aliphatic heterocycles. The van der Waals surface area contributed by atoms with Crippen molar-refractivity contribution in [2.45, 2.75) is 79.6 Å². The molecular weight excluding hydrogens is 168 g/mol. The van der Waals surface area contributed by atoms with Crippen molar-refractivity contribution < 1.29 is 0 Å². The first-order valence-electron chi connectivity index (χ1n) is 6.52. The van der Waals surface area contributed by atoms with E-state index < -0.39 is 0 Å². The molecular formula is C14H30. The molecule has 0 fully saturated rings. The molecule has 0 heterocycles. The number of hydrogen-bond acceptors (Lipinski definition) is 0. The SMILES string of the molecule is CCC(C)CCCCCC(C)(C)CC. The summed E-state index contributed by atoms with van der Waals surface area (Å²) in [7, 11) is 0. The lowest BCUT2D eigenvalue weighted by Gasteiger charge is -2.22. The van der Waals surface area contributed by atoms with Crippen molar-refractivity contribution in [3.8, 4) is 0 Å². The van der Waals surface area contributed by atoms with Gasteiger partial charge in [-0.15, -0.1) is 0 Å². The molecule has 0 radical (unpaired) electrons. The van der Waals surface area contributed by atoms with Gasteiger partial charge in [0.2, 0.25) is 0 Å². The normalized spacial score (nSPS) is 14.4. The third-order valence-electron chi connectivity index (χ3n) is 3.70. The number of rotatable bonds is 8. The highest BCUT2D eigenvalue weighted by Crippen LogP contribution is 2.27. The summed E-state index contributed by atoms with van der Waals surface area (Å²) in [5.41, 5.74) is 0.580. The largest absolute Gasteiger partial charge is 0.0651 e. The van der Waals surface area contributed by atoms with Crippen LogP contribution >= 0.6 is 0 Å². The van der Waals surface area contributed by atoms with Gasteiger partial charge >= 0.3 is 0 Å². The quantitative estimate of drug-likeness (QED) is 0.457. The van der Waals surface area contributed by atoms with Gasteiger partial charge in [0.25, 0.3) is 0 Å². The molecule has 0 aliphatic carbocycles. The van der Waals surface area contributed by atoms with Gasteiger partial charge < -0.3 is 0 Å². The molecule has 0 spiro atoms. The zero-order valence-electron chi connectivity index (χ0n) is 11.0. The van der Waals surface area contributed by atoms with Crippen LogP contribution in [0.4, 0.5) is 0 Å². The molecule has 0 aromatic rings. The summed E-state index contributed by atoms with van der Waals surface area (Å²) in [4.78, 5) is 0. The summed E-state index contributed by atoms with van der Waals surface area (Å²) >= 11 is 0. The Kier molecular flexibility index (Phi) is 7.31. The lowest BCUT2D eigenvalue weighted by molar-refractivity contribution is 0.305. The Labute approximate surface area is 91.5 Å². The van der Waals surface area contributed by atoms with Gasteiger partial charge in [-0.25, -0.2) is 0 Å². The van der Waals surface area contributed by atoms with Gasteiger partial charge in [-0.3, -0.25) is 0 Å². The van der Waals surface area contributed by atoms with Gasteiger partial charge in [0.1, 0.15) is 0 Å². The smallest absolute Gasteiger partial charge is 0.0357 e. The molecule has 0 aliphatic rings. The zero-order chi connectivity index (χ0) is 11.0. The van der Waals surface area contributed by atoms with Crippen LogP contribution in [0.1, 0.15) is 79.6 Å². The number of hydrogen-bond donors (Lipinski definition) is 0. The first-order chi connectivity index (χ1) is 6.52. The predicted molar refractivity (Wildman–Crippen MR) is 66.6 cm³/mol. The predicted octanol–water partition coefficient (Wildman–Crippen LogP) is 5.42. The Morgan fingerprint density at radius 2 is 1.64 bits per heavy atom. The van der Waals surface area contributed by atoms with Crippen molar-refractivity contribution in [2.75, 3.05) is 0 Å². The minimum absolute atomic E-state index is 0.580. The van der Waals surface area contributed by atoms with E-state index >= 15 is 0 Å². The third-order valence-corrected chi connectivity index (χ3v) is 3.70. The van der Waals surface area contributed by atoms with Gasteiger partial charge in [-0.1, -0.05) is 73.1 Å². The van der Waals surface area contributed by atoms with Crippen molar-refractivity contribution in [3.05, 3.63) is 0 Å². The molecule has 0 amide bonds. The van der Waals surface area contributed by atoms with Gasteiger partial charge in [-0.05, 0) is 17.8 Å². The Morgan fingerprint density at radius 1 is 1.00 bits per heavy atom. The van der Waals surface area contributed by atoms with Gasteiger partial charge in [0, 0.05) is 0 Å². The van der Waals surface area contributed by atoms with Crippen molar-refractivity contribution >= 4 is 0 Å².